The van der Waals surface area contributed by atoms with E-state index in [0.717, 1.165) is 29.4 Å². The van der Waals surface area contributed by atoms with Gasteiger partial charge in [0.2, 0.25) is 0 Å². The first kappa shape index (κ1) is 12.4. The summed E-state index contributed by atoms with van der Waals surface area (Å²) in [5.74, 6) is 0.969. The van der Waals surface area contributed by atoms with Gasteiger partial charge in [0.15, 0.2) is 5.17 Å². The largest absolute Gasteiger partial charge is 0.362 e. The van der Waals surface area contributed by atoms with Gasteiger partial charge in [-0.2, -0.15) is 0 Å². The Morgan fingerprint density at radius 1 is 1.41 bits per heavy atom. The molecule has 1 heterocycles. The molecular formula is C13H17FN2S. The highest BCUT2D eigenvalue weighted by Gasteiger charge is 2.09. The highest BCUT2D eigenvalue weighted by atomic mass is 32.2. The molecule has 0 bridgehead atoms. The van der Waals surface area contributed by atoms with E-state index in [4.69, 9.17) is 0 Å². The molecule has 4 heteroatoms. The topological polar surface area (TPSA) is 24.4 Å². The molecule has 2 nitrogen and oxygen atoms in total. The first-order valence-corrected chi connectivity index (χ1v) is 6.91. The summed E-state index contributed by atoms with van der Waals surface area (Å²) in [6.45, 7) is 3.06. The average Bonchev–Trinajstić information content (AvgIpc) is 2.33. The van der Waals surface area contributed by atoms with Crippen molar-refractivity contribution in [2.24, 2.45) is 4.99 Å². The third-order valence-electron chi connectivity index (χ3n) is 2.62. The van der Waals surface area contributed by atoms with Crippen LogP contribution < -0.4 is 5.32 Å². The van der Waals surface area contributed by atoms with Crippen LogP contribution in [-0.2, 0) is 6.42 Å². The van der Waals surface area contributed by atoms with Crippen molar-refractivity contribution < 1.29 is 4.39 Å². The summed E-state index contributed by atoms with van der Waals surface area (Å²) in [6, 6.07) is 7.01. The maximum Gasteiger partial charge on any atom is 0.156 e. The van der Waals surface area contributed by atoms with Gasteiger partial charge in [-0.3, -0.25) is 4.99 Å². The van der Waals surface area contributed by atoms with E-state index in [9.17, 15) is 4.39 Å². The van der Waals surface area contributed by atoms with Crippen molar-refractivity contribution in [2.75, 3.05) is 12.3 Å². The Morgan fingerprint density at radius 2 is 2.18 bits per heavy atom. The van der Waals surface area contributed by atoms with Crippen LogP contribution in [0.1, 0.15) is 18.9 Å². The third-order valence-corrected chi connectivity index (χ3v) is 3.63. The average molecular weight is 252 g/mol. The Hall–Kier alpha value is -1.03. The quantitative estimate of drug-likeness (QED) is 0.894. The van der Waals surface area contributed by atoms with Gasteiger partial charge in [-0.15, -0.1) is 0 Å². The molecule has 1 atom stereocenters. The smallest absolute Gasteiger partial charge is 0.156 e. The van der Waals surface area contributed by atoms with Gasteiger partial charge in [0.05, 0.1) is 0 Å². The molecule has 0 aliphatic carbocycles. The van der Waals surface area contributed by atoms with Gasteiger partial charge in [-0.25, -0.2) is 4.39 Å². The zero-order chi connectivity index (χ0) is 12.1. The summed E-state index contributed by atoms with van der Waals surface area (Å²) in [6.07, 6.45) is 2.06. The zero-order valence-electron chi connectivity index (χ0n) is 9.95. The predicted octanol–water partition coefficient (Wildman–Crippen LogP) is 2.84. The normalized spacial score (nSPS) is 17.4. The summed E-state index contributed by atoms with van der Waals surface area (Å²) in [7, 11) is 0. The number of aliphatic imine (C=N–C) groups is 1. The number of benzene rings is 1. The number of halogens is 1. The van der Waals surface area contributed by atoms with Crippen molar-refractivity contribution >= 4 is 16.9 Å². The molecule has 1 unspecified atom stereocenters. The molecule has 0 fully saturated rings. The molecule has 0 aromatic heterocycles. The van der Waals surface area contributed by atoms with E-state index in [0.29, 0.717) is 6.04 Å². The maximum absolute atomic E-state index is 12.8. The molecular weight excluding hydrogens is 235 g/mol. The number of rotatable bonds is 3. The highest BCUT2D eigenvalue weighted by Crippen LogP contribution is 2.12. The van der Waals surface area contributed by atoms with Gasteiger partial charge in [0, 0.05) is 18.3 Å². The van der Waals surface area contributed by atoms with E-state index in [2.05, 4.69) is 17.2 Å². The Balaban J connectivity index is 1.86. The van der Waals surface area contributed by atoms with Crippen LogP contribution in [0, 0.1) is 5.82 Å². The van der Waals surface area contributed by atoms with Crippen molar-refractivity contribution in [1.29, 1.82) is 0 Å². The van der Waals surface area contributed by atoms with Crippen molar-refractivity contribution in [3.05, 3.63) is 35.6 Å². The number of thioether (sulfide) groups is 1. The monoisotopic (exact) mass is 252 g/mol. The van der Waals surface area contributed by atoms with Crippen LogP contribution in [0.3, 0.4) is 0 Å². The minimum Gasteiger partial charge on any atom is -0.362 e. The third kappa shape index (κ3) is 4.04. The molecule has 0 saturated heterocycles. The summed E-state index contributed by atoms with van der Waals surface area (Å²) in [5, 5.41) is 4.45. The summed E-state index contributed by atoms with van der Waals surface area (Å²) in [5.41, 5.74) is 1.15. The molecule has 17 heavy (non-hydrogen) atoms. The molecule has 0 spiro atoms. The van der Waals surface area contributed by atoms with E-state index < -0.39 is 0 Å². The Bertz CT molecular complexity index is 389. The van der Waals surface area contributed by atoms with Crippen LogP contribution in [0.4, 0.5) is 4.39 Å². The lowest BCUT2D eigenvalue weighted by atomic mass is 10.1. The van der Waals surface area contributed by atoms with Gasteiger partial charge in [-0.1, -0.05) is 23.9 Å². The summed E-state index contributed by atoms with van der Waals surface area (Å²) in [4.78, 5) is 4.43. The first-order chi connectivity index (χ1) is 8.24. The number of hydrogen-bond acceptors (Lipinski definition) is 3. The van der Waals surface area contributed by atoms with Gasteiger partial charge < -0.3 is 5.32 Å². The minimum atomic E-state index is -0.179. The number of amidine groups is 1. The van der Waals surface area contributed by atoms with Crippen LogP contribution in [0.25, 0.3) is 0 Å². The second-order valence-electron chi connectivity index (χ2n) is 4.26. The molecule has 1 aliphatic heterocycles. The first-order valence-electron chi connectivity index (χ1n) is 5.92. The predicted molar refractivity (Wildman–Crippen MR) is 72.1 cm³/mol. The molecule has 2 rings (SSSR count). The Morgan fingerprint density at radius 3 is 2.82 bits per heavy atom. The zero-order valence-corrected chi connectivity index (χ0v) is 10.8. The van der Waals surface area contributed by atoms with Gasteiger partial charge in [0.1, 0.15) is 5.82 Å². The molecule has 92 valence electrons. The van der Waals surface area contributed by atoms with Crippen molar-refractivity contribution in [2.45, 2.75) is 25.8 Å². The molecule has 1 aliphatic rings. The number of hydrogen-bond donors (Lipinski definition) is 1. The SMILES string of the molecule is CC(Cc1ccc(F)cc1)NC1=NCCCS1. The van der Waals surface area contributed by atoms with E-state index >= 15 is 0 Å². The fourth-order valence-corrected chi connectivity index (χ4v) is 2.72. The summed E-state index contributed by atoms with van der Waals surface area (Å²) >= 11 is 1.78. The standard InChI is InChI=1S/C13H17FN2S/c1-10(16-13-15-7-2-8-17-13)9-11-3-5-12(14)6-4-11/h3-6,10H,2,7-9H2,1H3,(H,15,16). The number of nitrogens with zero attached hydrogens (tertiary/aromatic N) is 1. The molecule has 1 aromatic carbocycles. The lowest BCUT2D eigenvalue weighted by Crippen LogP contribution is -2.33. The van der Waals surface area contributed by atoms with Gasteiger partial charge >= 0.3 is 0 Å². The van der Waals surface area contributed by atoms with Crippen molar-refractivity contribution in [1.82, 2.24) is 5.32 Å². The van der Waals surface area contributed by atoms with Crippen LogP contribution in [-0.4, -0.2) is 23.5 Å². The van der Waals surface area contributed by atoms with Gasteiger partial charge in [0.25, 0.3) is 0 Å². The molecule has 1 aromatic rings. The highest BCUT2D eigenvalue weighted by molar-refractivity contribution is 8.13. The van der Waals surface area contributed by atoms with Crippen LogP contribution in [0.5, 0.6) is 0 Å². The Labute approximate surface area is 106 Å². The molecule has 0 amide bonds. The van der Waals surface area contributed by atoms with Crippen LogP contribution in [0.2, 0.25) is 0 Å². The fraction of sp³-hybridized carbons (Fsp3) is 0.462. The molecule has 0 saturated carbocycles. The molecule has 0 radical (unpaired) electrons. The maximum atomic E-state index is 12.8. The number of nitrogens with one attached hydrogen (secondary N) is 1. The fourth-order valence-electron chi connectivity index (χ4n) is 1.78. The second kappa shape index (κ2) is 6.05. The van der Waals surface area contributed by atoms with E-state index in [1.54, 1.807) is 11.8 Å². The summed E-state index contributed by atoms with van der Waals surface area (Å²) < 4.78 is 12.8. The van der Waals surface area contributed by atoms with Crippen LogP contribution >= 0.6 is 11.8 Å². The van der Waals surface area contributed by atoms with E-state index in [1.165, 1.54) is 18.6 Å². The van der Waals surface area contributed by atoms with Crippen molar-refractivity contribution in [3.8, 4) is 0 Å². The van der Waals surface area contributed by atoms with E-state index in [1.807, 2.05) is 12.1 Å². The molecule has 1 N–H and O–H groups in total. The minimum absolute atomic E-state index is 0.179. The lowest BCUT2D eigenvalue weighted by molar-refractivity contribution is 0.623. The van der Waals surface area contributed by atoms with Crippen molar-refractivity contribution in [3.63, 3.8) is 0 Å². The van der Waals surface area contributed by atoms with Crippen LogP contribution in [0.15, 0.2) is 29.3 Å². The lowest BCUT2D eigenvalue weighted by Gasteiger charge is -2.18. The van der Waals surface area contributed by atoms with Gasteiger partial charge in [-0.05, 0) is 37.5 Å². The van der Waals surface area contributed by atoms with E-state index in [-0.39, 0.29) is 5.82 Å². The Kier molecular flexibility index (Phi) is 4.42. The second-order valence-corrected chi connectivity index (χ2v) is 5.35.